The molecule has 0 aromatic heterocycles. The Morgan fingerprint density at radius 1 is 0.964 bits per heavy atom. The Morgan fingerprint density at radius 3 is 2.07 bits per heavy atom. The zero-order valence-corrected chi connectivity index (χ0v) is 15.4. The van der Waals surface area contributed by atoms with Crippen LogP contribution in [0.4, 0.5) is 11.4 Å². The Morgan fingerprint density at radius 2 is 1.54 bits per heavy atom. The first-order valence-electron chi connectivity index (χ1n) is 7.91. The van der Waals surface area contributed by atoms with Crippen molar-refractivity contribution in [3.63, 3.8) is 0 Å². The first kappa shape index (κ1) is 20.5. The van der Waals surface area contributed by atoms with Gasteiger partial charge in [0.25, 0.3) is 11.6 Å². The zero-order valence-electron chi connectivity index (χ0n) is 15.4. The molecule has 0 unspecified atom stereocenters. The lowest BCUT2D eigenvalue weighted by atomic mass is 10.1. The topological polar surface area (TPSA) is 126 Å². The second kappa shape index (κ2) is 9.21. The van der Waals surface area contributed by atoms with Crippen LogP contribution in [0.25, 0.3) is 0 Å². The zero-order chi connectivity index (χ0) is 20.7. The van der Waals surface area contributed by atoms with Gasteiger partial charge in [-0.05, 0) is 12.1 Å². The van der Waals surface area contributed by atoms with Crippen molar-refractivity contribution in [1.29, 1.82) is 0 Å². The van der Waals surface area contributed by atoms with Crippen LogP contribution in [0.2, 0.25) is 0 Å². The van der Waals surface area contributed by atoms with Gasteiger partial charge in [-0.25, -0.2) is 4.79 Å². The van der Waals surface area contributed by atoms with Crippen molar-refractivity contribution in [2.45, 2.75) is 0 Å². The summed E-state index contributed by atoms with van der Waals surface area (Å²) in [7, 11) is 4.23. The SMILES string of the molecule is COc1cc(OC)c(C(=O)OCC(=O)Nc2ccc([N+](=O)[O-])cc2)cc1OC. The minimum Gasteiger partial charge on any atom is -0.496 e. The molecule has 0 aliphatic rings. The maximum absolute atomic E-state index is 12.3. The van der Waals surface area contributed by atoms with Crippen molar-refractivity contribution in [3.8, 4) is 17.2 Å². The standard InChI is InChI=1S/C18H18N2O8/c1-25-14-9-16(27-3)15(26-2)8-13(14)18(22)28-10-17(21)19-11-4-6-12(7-5-11)20(23)24/h4-9H,10H2,1-3H3,(H,19,21). The number of benzene rings is 2. The number of nitrogens with zero attached hydrogens (tertiary/aromatic N) is 1. The van der Waals surface area contributed by atoms with E-state index in [1.54, 1.807) is 0 Å². The number of nitrogens with one attached hydrogen (secondary N) is 1. The molecule has 10 heteroatoms. The van der Waals surface area contributed by atoms with E-state index in [-0.39, 0.29) is 17.0 Å². The molecule has 148 valence electrons. The molecule has 0 saturated carbocycles. The molecular formula is C18H18N2O8. The third kappa shape index (κ3) is 4.87. The van der Waals surface area contributed by atoms with Crippen molar-refractivity contribution >= 4 is 23.3 Å². The predicted molar refractivity (Wildman–Crippen MR) is 98.1 cm³/mol. The van der Waals surface area contributed by atoms with E-state index < -0.39 is 23.4 Å². The van der Waals surface area contributed by atoms with Gasteiger partial charge in [0.05, 0.1) is 26.3 Å². The number of rotatable bonds is 8. The normalized spacial score (nSPS) is 9.96. The lowest BCUT2D eigenvalue weighted by Gasteiger charge is -2.13. The molecular weight excluding hydrogens is 372 g/mol. The quantitative estimate of drug-likeness (QED) is 0.414. The molecule has 1 amide bonds. The van der Waals surface area contributed by atoms with E-state index in [1.807, 2.05) is 0 Å². The van der Waals surface area contributed by atoms with E-state index in [0.29, 0.717) is 17.2 Å². The molecule has 0 fully saturated rings. The molecule has 2 aromatic carbocycles. The Bertz CT molecular complexity index is 880. The van der Waals surface area contributed by atoms with Crippen LogP contribution < -0.4 is 19.5 Å². The highest BCUT2D eigenvalue weighted by atomic mass is 16.6. The van der Waals surface area contributed by atoms with Crippen LogP contribution in [0.15, 0.2) is 36.4 Å². The van der Waals surface area contributed by atoms with Crippen LogP contribution in [0, 0.1) is 10.1 Å². The number of carbonyl (C=O) groups is 2. The van der Waals surface area contributed by atoms with Crippen LogP contribution in [0.5, 0.6) is 17.2 Å². The Balaban J connectivity index is 2.03. The fourth-order valence-corrected chi connectivity index (χ4v) is 2.26. The van der Waals surface area contributed by atoms with E-state index in [9.17, 15) is 19.7 Å². The molecule has 0 atom stereocenters. The fourth-order valence-electron chi connectivity index (χ4n) is 2.26. The molecule has 0 bridgehead atoms. The van der Waals surface area contributed by atoms with Crippen LogP contribution in [-0.4, -0.2) is 44.7 Å². The number of hydrogen-bond donors (Lipinski definition) is 1. The fraction of sp³-hybridized carbons (Fsp3) is 0.222. The van der Waals surface area contributed by atoms with Gasteiger partial charge in [-0.2, -0.15) is 0 Å². The average Bonchev–Trinajstić information content (AvgIpc) is 2.71. The van der Waals surface area contributed by atoms with Crippen molar-refractivity contribution in [1.82, 2.24) is 0 Å². The smallest absolute Gasteiger partial charge is 0.342 e. The number of nitro benzene ring substituents is 1. The van der Waals surface area contributed by atoms with Gasteiger partial charge in [0.1, 0.15) is 11.3 Å². The maximum Gasteiger partial charge on any atom is 0.342 e. The van der Waals surface area contributed by atoms with Gasteiger partial charge in [0, 0.05) is 30.0 Å². The number of methoxy groups -OCH3 is 3. The minimum absolute atomic E-state index is 0.0586. The summed E-state index contributed by atoms with van der Waals surface area (Å²) in [6.45, 7) is -0.562. The summed E-state index contributed by atoms with van der Waals surface area (Å²) < 4.78 is 20.4. The van der Waals surface area contributed by atoms with Gasteiger partial charge in [0.2, 0.25) is 0 Å². The molecule has 1 N–H and O–H groups in total. The van der Waals surface area contributed by atoms with Gasteiger partial charge in [-0.15, -0.1) is 0 Å². The van der Waals surface area contributed by atoms with Gasteiger partial charge < -0.3 is 24.3 Å². The molecule has 0 aliphatic heterocycles. The highest BCUT2D eigenvalue weighted by Crippen LogP contribution is 2.34. The van der Waals surface area contributed by atoms with Gasteiger partial charge in [-0.1, -0.05) is 0 Å². The largest absolute Gasteiger partial charge is 0.496 e. The summed E-state index contributed by atoms with van der Waals surface area (Å²) in [5, 5.41) is 13.1. The number of amides is 1. The molecule has 0 radical (unpaired) electrons. The van der Waals surface area contributed by atoms with Gasteiger partial charge in [0.15, 0.2) is 18.1 Å². The van der Waals surface area contributed by atoms with Crippen molar-refractivity contribution in [2.24, 2.45) is 0 Å². The third-order valence-corrected chi connectivity index (χ3v) is 3.62. The molecule has 2 rings (SSSR count). The summed E-state index contributed by atoms with van der Waals surface area (Å²) in [6.07, 6.45) is 0. The average molecular weight is 390 g/mol. The lowest BCUT2D eigenvalue weighted by Crippen LogP contribution is -2.21. The number of nitro groups is 1. The highest BCUT2D eigenvalue weighted by molar-refractivity contribution is 5.97. The first-order valence-corrected chi connectivity index (χ1v) is 7.91. The molecule has 0 heterocycles. The van der Waals surface area contributed by atoms with Crippen LogP contribution in [0.3, 0.4) is 0 Å². The predicted octanol–water partition coefficient (Wildman–Crippen LogP) is 2.42. The van der Waals surface area contributed by atoms with E-state index in [4.69, 9.17) is 18.9 Å². The number of esters is 1. The molecule has 0 spiro atoms. The number of non-ortho nitro benzene ring substituents is 1. The van der Waals surface area contributed by atoms with E-state index in [0.717, 1.165) is 0 Å². The Kier molecular flexibility index (Phi) is 6.74. The van der Waals surface area contributed by atoms with Crippen LogP contribution in [-0.2, 0) is 9.53 Å². The third-order valence-electron chi connectivity index (χ3n) is 3.62. The molecule has 0 aliphatic carbocycles. The summed E-state index contributed by atoms with van der Waals surface area (Å²) in [4.78, 5) is 34.3. The molecule has 10 nitrogen and oxygen atoms in total. The van der Waals surface area contributed by atoms with Gasteiger partial charge >= 0.3 is 5.97 Å². The molecule has 28 heavy (non-hydrogen) atoms. The van der Waals surface area contributed by atoms with E-state index in [1.165, 1.54) is 57.7 Å². The van der Waals surface area contributed by atoms with E-state index in [2.05, 4.69) is 5.32 Å². The Hall–Kier alpha value is -3.82. The summed E-state index contributed by atoms with van der Waals surface area (Å²) in [5.41, 5.74) is 0.281. The number of carbonyl (C=O) groups excluding carboxylic acids is 2. The summed E-state index contributed by atoms with van der Waals surface area (Å²) in [5.74, 6) is -0.547. The van der Waals surface area contributed by atoms with Gasteiger partial charge in [-0.3, -0.25) is 14.9 Å². The lowest BCUT2D eigenvalue weighted by molar-refractivity contribution is -0.384. The highest BCUT2D eigenvalue weighted by Gasteiger charge is 2.20. The van der Waals surface area contributed by atoms with Crippen molar-refractivity contribution < 1.29 is 33.5 Å². The minimum atomic E-state index is -0.795. The number of ether oxygens (including phenoxy) is 4. The van der Waals surface area contributed by atoms with Crippen molar-refractivity contribution in [2.75, 3.05) is 33.3 Å². The van der Waals surface area contributed by atoms with Crippen LogP contribution >= 0.6 is 0 Å². The number of hydrogen-bond acceptors (Lipinski definition) is 8. The van der Waals surface area contributed by atoms with Crippen LogP contribution in [0.1, 0.15) is 10.4 Å². The monoisotopic (exact) mass is 390 g/mol. The van der Waals surface area contributed by atoms with E-state index >= 15 is 0 Å². The van der Waals surface area contributed by atoms with Crippen molar-refractivity contribution in [3.05, 3.63) is 52.1 Å². The Labute approximate surface area is 160 Å². The molecule has 2 aromatic rings. The second-order valence-corrected chi connectivity index (χ2v) is 5.34. The summed E-state index contributed by atoms with van der Waals surface area (Å²) in [6, 6.07) is 8.08. The number of anilines is 1. The second-order valence-electron chi connectivity index (χ2n) is 5.34. The summed E-state index contributed by atoms with van der Waals surface area (Å²) >= 11 is 0. The molecule has 0 saturated heterocycles. The first-order chi connectivity index (χ1) is 13.4. The maximum atomic E-state index is 12.3.